The van der Waals surface area contributed by atoms with Gasteiger partial charge in [-0.3, -0.25) is 4.72 Å². The third-order valence-corrected chi connectivity index (χ3v) is 5.91. The van der Waals surface area contributed by atoms with Gasteiger partial charge in [-0.15, -0.1) is 0 Å². The molecule has 0 saturated carbocycles. The number of nitrogens with zero attached hydrogens (tertiary/aromatic N) is 1. The first-order valence-electron chi connectivity index (χ1n) is 8.75. The van der Waals surface area contributed by atoms with E-state index >= 15 is 0 Å². The number of benzene rings is 2. The van der Waals surface area contributed by atoms with Gasteiger partial charge in [0.05, 0.1) is 16.8 Å². The maximum Gasteiger partial charge on any atom is 0.262 e. The summed E-state index contributed by atoms with van der Waals surface area (Å²) in [6.07, 6.45) is 1.44. The lowest BCUT2D eigenvalue weighted by Crippen LogP contribution is -2.14. The summed E-state index contributed by atoms with van der Waals surface area (Å²) < 4.78 is 40.8. The zero-order valence-electron chi connectivity index (χ0n) is 16.2. The van der Waals surface area contributed by atoms with Crippen LogP contribution in [-0.2, 0) is 10.0 Å². The molecule has 1 heterocycles. The van der Waals surface area contributed by atoms with Crippen LogP contribution in [0.15, 0.2) is 53.6 Å². The molecule has 0 atom stereocenters. The van der Waals surface area contributed by atoms with Crippen LogP contribution < -0.4 is 10.0 Å². The van der Waals surface area contributed by atoms with E-state index in [1.165, 1.54) is 23.9 Å². The zero-order valence-corrected chi connectivity index (χ0v) is 17.0. The molecule has 5 nitrogen and oxygen atoms in total. The lowest BCUT2D eigenvalue weighted by atomic mass is 10.1. The Morgan fingerprint density at radius 2 is 1.57 bits per heavy atom. The predicted octanol–water partition coefficient (Wildman–Crippen LogP) is 5.00. The number of halogens is 1. The first kappa shape index (κ1) is 19.8. The molecule has 1 aromatic heterocycles. The van der Waals surface area contributed by atoms with Crippen molar-refractivity contribution in [1.82, 2.24) is 4.98 Å². The third-order valence-electron chi connectivity index (χ3n) is 4.37. The molecule has 3 aromatic rings. The minimum absolute atomic E-state index is 0.0296. The molecule has 0 spiro atoms. The van der Waals surface area contributed by atoms with Gasteiger partial charge in [-0.05, 0) is 74.7 Å². The van der Waals surface area contributed by atoms with Gasteiger partial charge in [-0.1, -0.05) is 17.7 Å². The summed E-state index contributed by atoms with van der Waals surface area (Å²) in [5.41, 5.74) is 5.05. The summed E-state index contributed by atoms with van der Waals surface area (Å²) in [6, 6.07) is 11.1. The summed E-state index contributed by atoms with van der Waals surface area (Å²) in [7, 11) is -3.83. The molecule has 0 radical (unpaired) electrons. The van der Waals surface area contributed by atoms with Crippen LogP contribution in [0.2, 0.25) is 0 Å². The number of anilines is 3. The first-order chi connectivity index (χ1) is 13.2. The van der Waals surface area contributed by atoms with Crippen LogP contribution in [0.4, 0.5) is 21.6 Å². The van der Waals surface area contributed by atoms with Crippen molar-refractivity contribution < 1.29 is 12.8 Å². The Balaban J connectivity index is 1.80. The van der Waals surface area contributed by atoms with E-state index in [1.54, 1.807) is 19.1 Å². The van der Waals surface area contributed by atoms with Crippen molar-refractivity contribution in [2.45, 2.75) is 32.6 Å². The molecular formula is C21H22FN3O2S. The highest BCUT2D eigenvalue weighted by atomic mass is 32.2. The molecular weight excluding hydrogens is 377 g/mol. The molecule has 28 heavy (non-hydrogen) atoms. The van der Waals surface area contributed by atoms with Gasteiger partial charge in [-0.25, -0.2) is 17.8 Å². The highest BCUT2D eigenvalue weighted by molar-refractivity contribution is 7.92. The number of nitrogens with one attached hydrogen (secondary N) is 2. The molecule has 0 bridgehead atoms. The van der Waals surface area contributed by atoms with E-state index in [2.05, 4.69) is 27.2 Å². The fraction of sp³-hybridized carbons (Fsp3) is 0.190. The average molecular weight is 399 g/mol. The van der Waals surface area contributed by atoms with Gasteiger partial charge in [-0.2, -0.15) is 0 Å². The normalized spacial score (nSPS) is 11.3. The maximum absolute atomic E-state index is 13.2. The van der Waals surface area contributed by atoms with E-state index in [0.717, 1.165) is 22.9 Å². The highest BCUT2D eigenvalue weighted by Crippen LogP contribution is 2.26. The van der Waals surface area contributed by atoms with Crippen LogP contribution in [0.1, 0.15) is 22.3 Å². The molecule has 0 amide bonds. The number of rotatable bonds is 5. The topological polar surface area (TPSA) is 71.1 Å². The Bertz CT molecular complexity index is 1100. The standard InChI is InChI=1S/C21H22FN3O2S/c1-13-9-15(3)21(16(4)10-13)24-20-8-6-18(12-23-20)25-28(26,27)19-7-5-17(22)11-14(19)2/h5-12,25H,1-4H3,(H,23,24). The maximum atomic E-state index is 13.2. The van der Waals surface area contributed by atoms with Crippen LogP contribution in [0.25, 0.3) is 0 Å². The van der Waals surface area contributed by atoms with E-state index in [1.807, 2.05) is 20.8 Å². The number of hydrogen-bond donors (Lipinski definition) is 2. The molecule has 0 unspecified atom stereocenters. The minimum atomic E-state index is -3.83. The third kappa shape index (κ3) is 4.31. The van der Waals surface area contributed by atoms with Crippen LogP contribution >= 0.6 is 0 Å². The summed E-state index contributed by atoms with van der Waals surface area (Å²) >= 11 is 0. The molecule has 0 aliphatic carbocycles. The van der Waals surface area contributed by atoms with Gasteiger partial charge >= 0.3 is 0 Å². The van der Waals surface area contributed by atoms with E-state index in [0.29, 0.717) is 17.1 Å². The SMILES string of the molecule is Cc1cc(C)c(Nc2ccc(NS(=O)(=O)c3ccc(F)cc3C)cn2)c(C)c1. The van der Waals surface area contributed by atoms with Gasteiger partial charge in [0.2, 0.25) is 0 Å². The van der Waals surface area contributed by atoms with E-state index in [9.17, 15) is 12.8 Å². The molecule has 0 fully saturated rings. The van der Waals surface area contributed by atoms with Crippen LogP contribution in [0, 0.1) is 33.5 Å². The minimum Gasteiger partial charge on any atom is -0.340 e. The number of aryl methyl sites for hydroxylation is 4. The van der Waals surface area contributed by atoms with Crippen LogP contribution in [-0.4, -0.2) is 13.4 Å². The largest absolute Gasteiger partial charge is 0.340 e. The lowest BCUT2D eigenvalue weighted by Gasteiger charge is -2.14. The first-order valence-corrected chi connectivity index (χ1v) is 10.2. The van der Waals surface area contributed by atoms with Gasteiger partial charge < -0.3 is 5.32 Å². The summed E-state index contributed by atoms with van der Waals surface area (Å²) in [6.45, 7) is 7.65. The van der Waals surface area contributed by atoms with Gasteiger partial charge in [0, 0.05) is 5.69 Å². The molecule has 146 valence electrons. The molecule has 2 N–H and O–H groups in total. The number of aromatic nitrogens is 1. The molecule has 2 aromatic carbocycles. The Labute approximate surface area is 164 Å². The second-order valence-corrected chi connectivity index (χ2v) is 8.50. The molecule has 0 aliphatic heterocycles. The molecule has 7 heteroatoms. The second-order valence-electron chi connectivity index (χ2n) is 6.85. The van der Waals surface area contributed by atoms with Crippen molar-refractivity contribution in [3.63, 3.8) is 0 Å². The van der Waals surface area contributed by atoms with E-state index in [-0.39, 0.29) is 4.90 Å². The van der Waals surface area contributed by atoms with Crippen molar-refractivity contribution in [2.75, 3.05) is 10.0 Å². The van der Waals surface area contributed by atoms with E-state index < -0.39 is 15.8 Å². The number of sulfonamides is 1. The molecule has 0 saturated heterocycles. The fourth-order valence-electron chi connectivity index (χ4n) is 3.16. The van der Waals surface area contributed by atoms with Crippen LogP contribution in [0.3, 0.4) is 0 Å². The molecule has 0 aliphatic rings. The smallest absolute Gasteiger partial charge is 0.262 e. The van der Waals surface area contributed by atoms with Gasteiger partial charge in [0.25, 0.3) is 10.0 Å². The lowest BCUT2D eigenvalue weighted by molar-refractivity contribution is 0.598. The van der Waals surface area contributed by atoms with Gasteiger partial charge in [0.15, 0.2) is 0 Å². The van der Waals surface area contributed by atoms with Crippen molar-refractivity contribution >= 4 is 27.2 Å². The van der Waals surface area contributed by atoms with Crippen LogP contribution in [0.5, 0.6) is 0 Å². The Hall–Kier alpha value is -2.93. The summed E-state index contributed by atoms with van der Waals surface area (Å²) in [5.74, 6) is 0.131. The molecule has 3 rings (SSSR count). The zero-order chi connectivity index (χ0) is 20.5. The Morgan fingerprint density at radius 1 is 0.893 bits per heavy atom. The number of hydrogen-bond acceptors (Lipinski definition) is 4. The monoisotopic (exact) mass is 399 g/mol. The fourth-order valence-corrected chi connectivity index (χ4v) is 4.43. The van der Waals surface area contributed by atoms with Gasteiger partial charge in [0.1, 0.15) is 11.6 Å². The predicted molar refractivity (Wildman–Crippen MR) is 110 cm³/mol. The quantitative estimate of drug-likeness (QED) is 0.633. The van der Waals surface area contributed by atoms with Crippen molar-refractivity contribution in [1.29, 1.82) is 0 Å². The van der Waals surface area contributed by atoms with E-state index in [4.69, 9.17) is 0 Å². The summed E-state index contributed by atoms with van der Waals surface area (Å²) in [4.78, 5) is 4.32. The van der Waals surface area contributed by atoms with Crippen molar-refractivity contribution in [2.24, 2.45) is 0 Å². The average Bonchev–Trinajstić information content (AvgIpc) is 2.59. The van der Waals surface area contributed by atoms with Crippen molar-refractivity contribution in [3.05, 3.63) is 76.7 Å². The summed E-state index contributed by atoms with van der Waals surface area (Å²) in [5, 5.41) is 3.27. The number of pyridine rings is 1. The Kier molecular flexibility index (Phi) is 5.38. The van der Waals surface area contributed by atoms with Crippen molar-refractivity contribution in [3.8, 4) is 0 Å². The highest BCUT2D eigenvalue weighted by Gasteiger charge is 2.17. The second kappa shape index (κ2) is 7.59. The Morgan fingerprint density at radius 3 is 2.14 bits per heavy atom.